The van der Waals surface area contributed by atoms with Gasteiger partial charge in [-0.15, -0.1) is 0 Å². The third kappa shape index (κ3) is 6.16. The number of rotatable bonds is 9. The highest BCUT2D eigenvalue weighted by Gasteiger charge is 2.36. The normalized spacial score (nSPS) is 15.6. The Morgan fingerprint density at radius 2 is 1.60 bits per heavy atom. The lowest BCUT2D eigenvalue weighted by Crippen LogP contribution is -2.47. The van der Waals surface area contributed by atoms with Crippen LogP contribution >= 0.6 is 0 Å². The number of methoxy groups -OCH3 is 2. The van der Waals surface area contributed by atoms with E-state index in [0.717, 1.165) is 43.2 Å². The van der Waals surface area contributed by atoms with Crippen molar-refractivity contribution in [2.45, 2.75) is 76.8 Å². The van der Waals surface area contributed by atoms with Crippen LogP contribution in [0.3, 0.4) is 0 Å². The van der Waals surface area contributed by atoms with Crippen LogP contribution in [0.1, 0.15) is 67.3 Å². The van der Waals surface area contributed by atoms with Crippen molar-refractivity contribution >= 4 is 15.9 Å². The predicted molar refractivity (Wildman–Crippen MR) is 138 cm³/mol. The first-order chi connectivity index (χ1) is 16.6. The molecule has 0 heterocycles. The van der Waals surface area contributed by atoms with Crippen molar-refractivity contribution in [3.63, 3.8) is 0 Å². The average Bonchev–Trinajstić information content (AvgIpc) is 2.81. The second kappa shape index (κ2) is 11.4. The van der Waals surface area contributed by atoms with Gasteiger partial charge in [0.1, 0.15) is 0 Å². The summed E-state index contributed by atoms with van der Waals surface area (Å²) in [5.74, 6) is 0.847. The maximum absolute atomic E-state index is 13.9. The number of nitrogens with one attached hydrogen (secondary N) is 1. The lowest BCUT2D eigenvalue weighted by molar-refractivity contribution is -0.122. The van der Waals surface area contributed by atoms with Crippen LogP contribution in [0.15, 0.2) is 35.2 Å². The molecule has 35 heavy (non-hydrogen) atoms. The molecule has 0 bridgehead atoms. The Hall–Kier alpha value is -2.58. The molecular formula is C27H38N2O5S. The van der Waals surface area contributed by atoms with Gasteiger partial charge in [0.15, 0.2) is 11.5 Å². The van der Waals surface area contributed by atoms with Gasteiger partial charge in [0, 0.05) is 6.04 Å². The zero-order valence-electron chi connectivity index (χ0n) is 21.7. The quantitative estimate of drug-likeness (QED) is 0.531. The first-order valence-corrected chi connectivity index (χ1v) is 13.6. The Morgan fingerprint density at radius 1 is 1.00 bits per heavy atom. The van der Waals surface area contributed by atoms with E-state index in [0.29, 0.717) is 27.5 Å². The molecule has 0 aromatic heterocycles. The third-order valence-corrected chi connectivity index (χ3v) is 8.94. The van der Waals surface area contributed by atoms with Crippen molar-refractivity contribution in [2.24, 2.45) is 0 Å². The summed E-state index contributed by atoms with van der Waals surface area (Å²) in [6.07, 6.45) is 4.55. The van der Waals surface area contributed by atoms with Crippen molar-refractivity contribution in [3.8, 4) is 11.5 Å². The maximum atomic E-state index is 13.9. The van der Waals surface area contributed by atoms with Gasteiger partial charge in [0.2, 0.25) is 15.9 Å². The summed E-state index contributed by atoms with van der Waals surface area (Å²) in [6.45, 7) is 7.26. The van der Waals surface area contributed by atoms with Gasteiger partial charge in [-0.25, -0.2) is 8.42 Å². The third-order valence-electron chi connectivity index (χ3n) is 6.74. The first-order valence-electron chi connectivity index (χ1n) is 12.2. The molecular weight excluding hydrogens is 464 g/mol. The molecule has 1 atom stereocenters. The van der Waals surface area contributed by atoms with E-state index in [1.807, 2.05) is 52.0 Å². The summed E-state index contributed by atoms with van der Waals surface area (Å²) in [6, 6.07) is 8.73. The molecule has 7 nitrogen and oxygen atoms in total. The van der Waals surface area contributed by atoms with E-state index in [2.05, 4.69) is 5.32 Å². The van der Waals surface area contributed by atoms with E-state index in [9.17, 15) is 13.2 Å². The fourth-order valence-corrected chi connectivity index (χ4v) is 7.16. The molecule has 1 aliphatic rings. The average molecular weight is 503 g/mol. The van der Waals surface area contributed by atoms with Crippen LogP contribution in [0, 0.1) is 20.8 Å². The van der Waals surface area contributed by atoms with E-state index < -0.39 is 10.0 Å². The van der Waals surface area contributed by atoms with Gasteiger partial charge in [-0.05, 0) is 69.4 Å². The van der Waals surface area contributed by atoms with Crippen LogP contribution in [0.4, 0.5) is 0 Å². The van der Waals surface area contributed by atoms with Crippen molar-refractivity contribution in [1.29, 1.82) is 0 Å². The fourth-order valence-electron chi connectivity index (χ4n) is 5.10. The second-order valence-corrected chi connectivity index (χ2v) is 11.3. The molecule has 1 fully saturated rings. The molecule has 2 aromatic carbocycles. The number of benzene rings is 2. The van der Waals surface area contributed by atoms with Gasteiger partial charge in [-0.1, -0.05) is 43.0 Å². The molecule has 1 amide bonds. The SMILES string of the molecule is COc1ccc([C@H](C)NC(=O)CN(C2CCCCC2)S(=O)(=O)c2c(C)cc(C)cc2C)cc1OC. The minimum absolute atomic E-state index is 0.184. The number of aryl methyl sites for hydroxylation is 3. The fraction of sp³-hybridized carbons (Fsp3) is 0.519. The Kier molecular flexibility index (Phi) is 8.83. The lowest BCUT2D eigenvalue weighted by atomic mass is 9.95. The smallest absolute Gasteiger partial charge is 0.244 e. The standard InChI is InChI=1S/C27H38N2O5S/c1-18-14-19(2)27(20(3)15-18)35(31,32)29(23-10-8-7-9-11-23)17-26(30)28-21(4)22-12-13-24(33-5)25(16-22)34-6/h12-16,21,23H,7-11,17H2,1-6H3,(H,28,30)/t21-/m0/s1. The number of hydrogen-bond acceptors (Lipinski definition) is 5. The Labute approximate surface area is 209 Å². The Bertz CT molecular complexity index is 1130. The number of sulfonamides is 1. The van der Waals surface area contributed by atoms with Gasteiger partial charge < -0.3 is 14.8 Å². The highest BCUT2D eigenvalue weighted by Crippen LogP contribution is 2.32. The van der Waals surface area contributed by atoms with Crippen LogP contribution < -0.4 is 14.8 Å². The molecule has 3 rings (SSSR count). The maximum Gasteiger partial charge on any atom is 0.244 e. The minimum Gasteiger partial charge on any atom is -0.493 e. The van der Waals surface area contributed by atoms with Gasteiger partial charge in [-0.3, -0.25) is 4.79 Å². The number of hydrogen-bond donors (Lipinski definition) is 1. The molecule has 0 spiro atoms. The van der Waals surface area contributed by atoms with Gasteiger partial charge in [-0.2, -0.15) is 4.31 Å². The Morgan fingerprint density at radius 3 is 2.17 bits per heavy atom. The van der Waals surface area contributed by atoms with Crippen molar-refractivity contribution < 1.29 is 22.7 Å². The predicted octanol–water partition coefficient (Wildman–Crippen LogP) is 4.83. The van der Waals surface area contributed by atoms with E-state index in [1.54, 1.807) is 20.3 Å². The second-order valence-electron chi connectivity index (χ2n) is 9.47. The van der Waals surface area contributed by atoms with Crippen molar-refractivity contribution in [1.82, 2.24) is 9.62 Å². The van der Waals surface area contributed by atoms with E-state index in [-0.39, 0.29) is 24.5 Å². The number of carbonyl (C=O) groups excluding carboxylic acids is 1. The summed E-state index contributed by atoms with van der Waals surface area (Å²) in [5, 5.41) is 2.98. The van der Waals surface area contributed by atoms with Crippen molar-refractivity contribution in [3.05, 3.63) is 52.6 Å². The molecule has 1 N–H and O–H groups in total. The molecule has 0 unspecified atom stereocenters. The lowest BCUT2D eigenvalue weighted by Gasteiger charge is -2.34. The topological polar surface area (TPSA) is 84.9 Å². The number of nitrogens with zero attached hydrogens (tertiary/aromatic N) is 1. The van der Waals surface area contributed by atoms with Gasteiger partial charge >= 0.3 is 0 Å². The first kappa shape index (κ1) is 27.0. The molecule has 1 saturated carbocycles. The summed E-state index contributed by atoms with van der Waals surface area (Å²) < 4.78 is 40.0. The summed E-state index contributed by atoms with van der Waals surface area (Å²) in [7, 11) is -0.726. The van der Waals surface area contributed by atoms with Crippen LogP contribution in [0.2, 0.25) is 0 Å². The van der Waals surface area contributed by atoms with Gasteiger partial charge in [0.25, 0.3) is 0 Å². The molecule has 8 heteroatoms. The molecule has 1 aliphatic carbocycles. The largest absolute Gasteiger partial charge is 0.493 e. The zero-order valence-corrected chi connectivity index (χ0v) is 22.5. The van der Waals surface area contributed by atoms with Crippen molar-refractivity contribution in [2.75, 3.05) is 20.8 Å². The minimum atomic E-state index is -3.86. The summed E-state index contributed by atoms with van der Waals surface area (Å²) >= 11 is 0. The van der Waals surface area contributed by atoms with Crippen LogP contribution in [0.25, 0.3) is 0 Å². The molecule has 0 aliphatic heterocycles. The molecule has 0 saturated heterocycles. The van der Waals surface area contributed by atoms with Crippen LogP contribution in [-0.2, 0) is 14.8 Å². The van der Waals surface area contributed by atoms with E-state index in [4.69, 9.17) is 9.47 Å². The zero-order chi connectivity index (χ0) is 25.8. The van der Waals surface area contributed by atoms with Crippen LogP contribution in [-0.4, -0.2) is 45.4 Å². The highest BCUT2D eigenvalue weighted by molar-refractivity contribution is 7.89. The van der Waals surface area contributed by atoms with E-state index in [1.165, 1.54) is 4.31 Å². The molecule has 192 valence electrons. The summed E-state index contributed by atoms with van der Waals surface area (Å²) in [5.41, 5.74) is 3.28. The highest BCUT2D eigenvalue weighted by atomic mass is 32.2. The van der Waals surface area contributed by atoms with Crippen LogP contribution in [0.5, 0.6) is 11.5 Å². The molecule has 0 radical (unpaired) electrons. The van der Waals surface area contributed by atoms with Gasteiger partial charge in [0.05, 0.1) is 31.7 Å². The number of carbonyl (C=O) groups is 1. The summed E-state index contributed by atoms with van der Waals surface area (Å²) in [4.78, 5) is 13.5. The molecule has 2 aromatic rings. The number of amides is 1. The monoisotopic (exact) mass is 502 g/mol. The number of ether oxygens (including phenoxy) is 2. The van der Waals surface area contributed by atoms with E-state index >= 15 is 0 Å². The Balaban J connectivity index is 1.87.